The van der Waals surface area contributed by atoms with E-state index in [4.69, 9.17) is 5.11 Å². The van der Waals surface area contributed by atoms with Crippen LogP contribution in [0.2, 0.25) is 0 Å². The van der Waals surface area contributed by atoms with Gasteiger partial charge in [0, 0.05) is 11.6 Å². The van der Waals surface area contributed by atoms with Gasteiger partial charge < -0.3 is 10.1 Å². The first-order chi connectivity index (χ1) is 6.74. The average Bonchev–Trinajstić information content (AvgIpc) is 2.64. The molecule has 0 atom stereocenters. The van der Waals surface area contributed by atoms with Crippen molar-refractivity contribution in [3.05, 3.63) is 34.1 Å². The lowest BCUT2D eigenvalue weighted by molar-refractivity contribution is -0.383. The number of nitrogens with zero attached hydrogens (tertiary/aromatic N) is 2. The van der Waals surface area contributed by atoms with Crippen LogP contribution < -0.4 is 0 Å². The zero-order valence-corrected chi connectivity index (χ0v) is 7.10. The Labute approximate surface area is 78.4 Å². The van der Waals surface area contributed by atoms with Gasteiger partial charge >= 0.3 is 0 Å². The predicted molar refractivity (Wildman–Crippen MR) is 48.7 cm³/mol. The van der Waals surface area contributed by atoms with E-state index in [1.54, 1.807) is 0 Å². The van der Waals surface area contributed by atoms with E-state index < -0.39 is 4.92 Å². The maximum atomic E-state index is 10.6. The number of aromatic amines is 1. The number of H-pyrrole nitrogens is 1. The number of imidazole rings is 1. The molecular formula is C8H7N3O3. The molecule has 6 heteroatoms. The van der Waals surface area contributed by atoms with Gasteiger partial charge in [-0.15, -0.1) is 0 Å². The van der Waals surface area contributed by atoms with Crippen LogP contribution in [0.25, 0.3) is 11.0 Å². The first-order valence-corrected chi connectivity index (χ1v) is 3.94. The zero-order chi connectivity index (χ0) is 10.1. The molecule has 1 aromatic carbocycles. The topological polar surface area (TPSA) is 92.0 Å². The summed E-state index contributed by atoms with van der Waals surface area (Å²) in [5, 5.41) is 19.6. The van der Waals surface area contributed by atoms with Crippen molar-refractivity contribution in [1.29, 1.82) is 0 Å². The van der Waals surface area contributed by atoms with Gasteiger partial charge in [-0.05, 0) is 6.07 Å². The molecular weight excluding hydrogens is 186 g/mol. The molecule has 2 aromatic rings. The van der Waals surface area contributed by atoms with Gasteiger partial charge in [0.05, 0.1) is 23.4 Å². The summed E-state index contributed by atoms with van der Waals surface area (Å²) in [6.07, 6.45) is 1.37. The number of nitro benzene ring substituents is 1. The molecule has 0 saturated carbocycles. The van der Waals surface area contributed by atoms with Crippen molar-refractivity contribution < 1.29 is 10.0 Å². The normalized spacial score (nSPS) is 10.6. The summed E-state index contributed by atoms with van der Waals surface area (Å²) in [6, 6.07) is 2.85. The van der Waals surface area contributed by atoms with Crippen LogP contribution in [0.3, 0.4) is 0 Å². The number of nitrogens with one attached hydrogen (secondary N) is 1. The third kappa shape index (κ3) is 1.12. The minimum atomic E-state index is -0.496. The van der Waals surface area contributed by atoms with Crippen molar-refractivity contribution in [2.24, 2.45) is 0 Å². The Hall–Kier alpha value is -1.95. The lowest BCUT2D eigenvalue weighted by Gasteiger charge is -1.98. The fourth-order valence-electron chi connectivity index (χ4n) is 1.35. The van der Waals surface area contributed by atoms with Gasteiger partial charge in [-0.1, -0.05) is 0 Å². The summed E-state index contributed by atoms with van der Waals surface area (Å²) in [6.45, 7) is -0.170. The molecule has 0 aliphatic heterocycles. The molecule has 6 nitrogen and oxygen atoms in total. The molecule has 2 N–H and O–H groups in total. The third-order valence-electron chi connectivity index (χ3n) is 2.01. The maximum absolute atomic E-state index is 10.6. The van der Waals surface area contributed by atoms with Crippen molar-refractivity contribution in [3.63, 3.8) is 0 Å². The summed E-state index contributed by atoms with van der Waals surface area (Å²) >= 11 is 0. The molecule has 0 unspecified atom stereocenters. The average molecular weight is 193 g/mol. The number of hydrogen-bond donors (Lipinski definition) is 2. The van der Waals surface area contributed by atoms with Crippen LogP contribution in [0.4, 0.5) is 5.69 Å². The lowest BCUT2D eigenvalue weighted by atomic mass is 10.1. The van der Waals surface area contributed by atoms with E-state index in [2.05, 4.69) is 9.97 Å². The minimum Gasteiger partial charge on any atom is -0.392 e. The van der Waals surface area contributed by atoms with Crippen LogP contribution in [-0.2, 0) is 6.61 Å². The molecule has 0 aliphatic rings. The van der Waals surface area contributed by atoms with E-state index in [9.17, 15) is 10.1 Å². The monoisotopic (exact) mass is 193 g/mol. The highest BCUT2D eigenvalue weighted by molar-refractivity contribution is 5.86. The van der Waals surface area contributed by atoms with Gasteiger partial charge in [-0.25, -0.2) is 4.98 Å². The van der Waals surface area contributed by atoms with Gasteiger partial charge in [-0.2, -0.15) is 0 Å². The number of rotatable bonds is 2. The quantitative estimate of drug-likeness (QED) is 0.548. The zero-order valence-electron chi connectivity index (χ0n) is 7.10. The number of hydrogen-bond acceptors (Lipinski definition) is 4. The van der Waals surface area contributed by atoms with Crippen molar-refractivity contribution in [3.8, 4) is 0 Å². The summed E-state index contributed by atoms with van der Waals surface area (Å²) in [4.78, 5) is 16.7. The Morgan fingerprint density at radius 3 is 3.00 bits per heavy atom. The van der Waals surface area contributed by atoms with Crippen molar-refractivity contribution >= 4 is 16.7 Å². The Morgan fingerprint density at radius 2 is 2.36 bits per heavy atom. The Balaban J connectivity index is 2.78. The summed E-state index contributed by atoms with van der Waals surface area (Å²) in [5.74, 6) is 0. The molecule has 14 heavy (non-hydrogen) atoms. The fraction of sp³-hybridized carbons (Fsp3) is 0.125. The second kappa shape index (κ2) is 3.08. The van der Waals surface area contributed by atoms with Crippen LogP contribution in [0.5, 0.6) is 0 Å². The van der Waals surface area contributed by atoms with Crippen LogP contribution in [0.1, 0.15) is 5.56 Å². The van der Waals surface area contributed by atoms with Gasteiger partial charge in [0.25, 0.3) is 5.69 Å². The standard InChI is InChI=1S/C8H7N3O3/c12-3-5-1-2-6(11(13)14)8-7(5)9-4-10-8/h1-2,4,12H,3H2,(H,9,10). The van der Waals surface area contributed by atoms with Crippen molar-refractivity contribution in [2.45, 2.75) is 6.61 Å². The van der Waals surface area contributed by atoms with Crippen LogP contribution in [-0.4, -0.2) is 20.0 Å². The van der Waals surface area contributed by atoms with E-state index in [0.717, 1.165) is 0 Å². The van der Waals surface area contributed by atoms with Gasteiger partial charge in [0.15, 0.2) is 5.52 Å². The van der Waals surface area contributed by atoms with Gasteiger partial charge in [0.1, 0.15) is 0 Å². The van der Waals surface area contributed by atoms with E-state index in [0.29, 0.717) is 11.1 Å². The molecule has 0 amide bonds. The Kier molecular flexibility index (Phi) is 1.90. The number of aliphatic hydroxyl groups excluding tert-OH is 1. The van der Waals surface area contributed by atoms with Crippen LogP contribution in [0, 0.1) is 10.1 Å². The summed E-state index contributed by atoms with van der Waals surface area (Å²) in [7, 11) is 0. The molecule has 0 saturated heterocycles. The Morgan fingerprint density at radius 1 is 1.57 bits per heavy atom. The van der Waals surface area contributed by atoms with E-state index >= 15 is 0 Å². The molecule has 72 valence electrons. The number of fused-ring (bicyclic) bond motifs is 1. The fourth-order valence-corrected chi connectivity index (χ4v) is 1.35. The van der Waals surface area contributed by atoms with Crippen molar-refractivity contribution in [2.75, 3.05) is 0 Å². The minimum absolute atomic E-state index is 0.0570. The molecule has 0 fully saturated rings. The highest BCUT2D eigenvalue weighted by atomic mass is 16.6. The summed E-state index contributed by atoms with van der Waals surface area (Å²) < 4.78 is 0. The third-order valence-corrected chi connectivity index (χ3v) is 2.01. The molecule has 1 heterocycles. The first kappa shape index (κ1) is 8.64. The number of aromatic nitrogens is 2. The smallest absolute Gasteiger partial charge is 0.297 e. The van der Waals surface area contributed by atoms with Gasteiger partial charge in [-0.3, -0.25) is 10.1 Å². The van der Waals surface area contributed by atoms with E-state index in [1.807, 2.05) is 0 Å². The molecule has 0 spiro atoms. The molecule has 0 aliphatic carbocycles. The Bertz CT molecular complexity index is 492. The largest absolute Gasteiger partial charge is 0.392 e. The highest BCUT2D eigenvalue weighted by Crippen LogP contribution is 2.25. The number of aliphatic hydroxyl groups is 1. The van der Waals surface area contributed by atoms with Crippen LogP contribution in [0.15, 0.2) is 18.5 Å². The molecule has 0 radical (unpaired) electrons. The predicted octanol–water partition coefficient (Wildman–Crippen LogP) is 0.963. The second-order valence-corrected chi connectivity index (χ2v) is 2.79. The summed E-state index contributed by atoms with van der Waals surface area (Å²) in [5.41, 5.74) is 1.34. The number of non-ortho nitro benzene ring substituents is 1. The van der Waals surface area contributed by atoms with E-state index in [1.165, 1.54) is 18.5 Å². The van der Waals surface area contributed by atoms with Crippen molar-refractivity contribution in [1.82, 2.24) is 9.97 Å². The van der Waals surface area contributed by atoms with E-state index in [-0.39, 0.29) is 17.8 Å². The first-order valence-electron chi connectivity index (χ1n) is 3.94. The van der Waals surface area contributed by atoms with Gasteiger partial charge in [0.2, 0.25) is 0 Å². The maximum Gasteiger partial charge on any atom is 0.297 e. The highest BCUT2D eigenvalue weighted by Gasteiger charge is 2.15. The number of benzene rings is 1. The molecule has 0 bridgehead atoms. The number of nitro groups is 1. The SMILES string of the molecule is O=[N+]([O-])c1ccc(CO)c2[nH]cnc12. The molecule has 2 rings (SSSR count). The second-order valence-electron chi connectivity index (χ2n) is 2.79. The lowest BCUT2D eigenvalue weighted by Crippen LogP contribution is -1.92. The molecule has 1 aromatic heterocycles. The van der Waals surface area contributed by atoms with Crippen LogP contribution >= 0.6 is 0 Å².